The Kier molecular flexibility index (Phi) is 5.78. The maximum absolute atomic E-state index is 5.61. The average molecular weight is 393 g/mol. The number of pyridine rings is 1. The molecule has 0 amide bonds. The summed E-state index contributed by atoms with van der Waals surface area (Å²) in [5, 5.41) is 3.62. The standard InChI is InChI=1S/C22H27N5O2/c1-26-12-8-19(16-6-9-23-10-7-16)25-22(26)27-13-11-24-20(15-27)18-14-17(28-2)4-5-21(18)29-3/h4-10,12,14,20,22,24H,11,13,15H2,1-3H3. The molecule has 1 aromatic carbocycles. The highest BCUT2D eigenvalue weighted by Crippen LogP contribution is 2.31. The van der Waals surface area contributed by atoms with Gasteiger partial charge in [0, 0.05) is 62.4 Å². The molecule has 0 aliphatic carbocycles. The number of ether oxygens (including phenoxy) is 2. The number of aliphatic imine (C=N–C) groups is 1. The molecule has 2 aliphatic rings. The zero-order valence-electron chi connectivity index (χ0n) is 17.1. The van der Waals surface area contributed by atoms with Gasteiger partial charge in [-0.05, 0) is 36.4 Å². The molecule has 4 rings (SSSR count). The van der Waals surface area contributed by atoms with Crippen molar-refractivity contribution in [3.8, 4) is 11.5 Å². The van der Waals surface area contributed by atoms with Gasteiger partial charge in [0.1, 0.15) is 11.5 Å². The average Bonchev–Trinajstić information content (AvgIpc) is 2.79. The highest BCUT2D eigenvalue weighted by atomic mass is 16.5. The van der Waals surface area contributed by atoms with E-state index in [1.807, 2.05) is 24.3 Å². The normalized spacial score (nSPS) is 22.3. The first kappa shape index (κ1) is 19.4. The van der Waals surface area contributed by atoms with Crippen LogP contribution in [0, 0.1) is 0 Å². The Bertz CT molecular complexity index is 899. The summed E-state index contributed by atoms with van der Waals surface area (Å²) in [4.78, 5) is 13.7. The second-order valence-electron chi connectivity index (χ2n) is 7.19. The Morgan fingerprint density at radius 2 is 1.93 bits per heavy atom. The minimum absolute atomic E-state index is 0.0515. The lowest BCUT2D eigenvalue weighted by Crippen LogP contribution is -2.54. The highest BCUT2D eigenvalue weighted by molar-refractivity contribution is 6.08. The van der Waals surface area contributed by atoms with Gasteiger partial charge in [-0.3, -0.25) is 9.88 Å². The molecule has 152 valence electrons. The molecular formula is C22H27N5O2. The first-order valence-electron chi connectivity index (χ1n) is 9.77. The van der Waals surface area contributed by atoms with Gasteiger partial charge < -0.3 is 19.7 Å². The van der Waals surface area contributed by atoms with E-state index in [4.69, 9.17) is 14.5 Å². The van der Waals surface area contributed by atoms with E-state index in [9.17, 15) is 0 Å². The van der Waals surface area contributed by atoms with Gasteiger partial charge in [-0.15, -0.1) is 0 Å². The van der Waals surface area contributed by atoms with Gasteiger partial charge in [0.25, 0.3) is 0 Å². The van der Waals surface area contributed by atoms with Crippen LogP contribution >= 0.6 is 0 Å². The van der Waals surface area contributed by atoms with Crippen LogP contribution in [0.1, 0.15) is 17.2 Å². The first-order valence-corrected chi connectivity index (χ1v) is 9.77. The van der Waals surface area contributed by atoms with Gasteiger partial charge in [0.05, 0.1) is 19.9 Å². The molecule has 2 aromatic rings. The number of nitrogens with zero attached hydrogens (tertiary/aromatic N) is 4. The molecule has 0 saturated carbocycles. The second-order valence-corrected chi connectivity index (χ2v) is 7.19. The van der Waals surface area contributed by atoms with Crippen molar-refractivity contribution in [3.63, 3.8) is 0 Å². The fraction of sp³-hybridized carbons (Fsp3) is 0.364. The summed E-state index contributed by atoms with van der Waals surface area (Å²) in [6.07, 6.45) is 7.70. The van der Waals surface area contributed by atoms with Crippen molar-refractivity contribution in [2.24, 2.45) is 4.99 Å². The molecule has 0 bridgehead atoms. The molecule has 7 heteroatoms. The number of hydrogen-bond donors (Lipinski definition) is 1. The lowest BCUT2D eigenvalue weighted by Gasteiger charge is -2.41. The van der Waals surface area contributed by atoms with E-state index < -0.39 is 0 Å². The van der Waals surface area contributed by atoms with Gasteiger partial charge in [0.15, 0.2) is 6.29 Å². The summed E-state index contributed by atoms with van der Waals surface area (Å²) in [6, 6.07) is 10.1. The fourth-order valence-electron chi connectivity index (χ4n) is 3.86. The molecule has 7 nitrogen and oxygen atoms in total. The summed E-state index contributed by atoms with van der Waals surface area (Å²) >= 11 is 0. The van der Waals surface area contributed by atoms with Crippen LogP contribution in [0.3, 0.4) is 0 Å². The minimum atomic E-state index is -0.0515. The smallest absolute Gasteiger partial charge is 0.178 e. The molecule has 2 atom stereocenters. The summed E-state index contributed by atoms with van der Waals surface area (Å²) in [5.41, 5.74) is 3.16. The van der Waals surface area contributed by atoms with Crippen molar-refractivity contribution in [1.82, 2.24) is 20.1 Å². The number of allylic oxidation sites excluding steroid dienone is 1. The Morgan fingerprint density at radius 1 is 1.10 bits per heavy atom. The minimum Gasteiger partial charge on any atom is -0.497 e. The molecule has 1 N–H and O–H groups in total. The van der Waals surface area contributed by atoms with Crippen LogP contribution in [0.5, 0.6) is 11.5 Å². The van der Waals surface area contributed by atoms with Crippen molar-refractivity contribution in [1.29, 1.82) is 0 Å². The van der Waals surface area contributed by atoms with Crippen molar-refractivity contribution >= 4 is 5.71 Å². The number of rotatable bonds is 5. The molecule has 3 heterocycles. The van der Waals surface area contributed by atoms with Gasteiger partial charge in [-0.25, -0.2) is 4.99 Å². The largest absolute Gasteiger partial charge is 0.497 e. The van der Waals surface area contributed by atoms with Crippen LogP contribution in [0.2, 0.25) is 0 Å². The molecule has 0 spiro atoms. The van der Waals surface area contributed by atoms with Crippen molar-refractivity contribution in [3.05, 3.63) is 66.1 Å². The van der Waals surface area contributed by atoms with E-state index in [2.05, 4.69) is 45.5 Å². The van der Waals surface area contributed by atoms with E-state index in [-0.39, 0.29) is 12.3 Å². The highest BCUT2D eigenvalue weighted by Gasteiger charge is 2.30. The van der Waals surface area contributed by atoms with E-state index in [1.54, 1.807) is 26.6 Å². The van der Waals surface area contributed by atoms with Crippen LogP contribution < -0.4 is 14.8 Å². The van der Waals surface area contributed by atoms with E-state index in [1.165, 1.54) is 0 Å². The molecule has 1 saturated heterocycles. The Balaban J connectivity index is 1.58. The third-order valence-corrected chi connectivity index (χ3v) is 5.41. The number of methoxy groups -OCH3 is 2. The SMILES string of the molecule is COc1ccc(OC)c(C2CN(C3N=C(c4ccncc4)C=CN3C)CCN2)c1. The molecule has 2 unspecified atom stereocenters. The quantitative estimate of drug-likeness (QED) is 0.841. The fourth-order valence-corrected chi connectivity index (χ4v) is 3.86. The topological polar surface area (TPSA) is 62.2 Å². The molecule has 0 radical (unpaired) electrons. The Labute approximate surface area is 171 Å². The predicted octanol–water partition coefficient (Wildman–Crippen LogP) is 2.28. The third kappa shape index (κ3) is 4.11. The van der Waals surface area contributed by atoms with E-state index >= 15 is 0 Å². The summed E-state index contributed by atoms with van der Waals surface area (Å²) in [6.45, 7) is 2.61. The van der Waals surface area contributed by atoms with E-state index in [0.717, 1.165) is 48.0 Å². The van der Waals surface area contributed by atoms with Gasteiger partial charge in [-0.1, -0.05) is 0 Å². The molecule has 2 aliphatic heterocycles. The van der Waals surface area contributed by atoms with Gasteiger partial charge >= 0.3 is 0 Å². The lowest BCUT2D eigenvalue weighted by molar-refractivity contribution is 0.0679. The monoisotopic (exact) mass is 393 g/mol. The Hall–Kier alpha value is -2.90. The van der Waals surface area contributed by atoms with Crippen LogP contribution in [0.4, 0.5) is 0 Å². The molecular weight excluding hydrogens is 366 g/mol. The van der Waals surface area contributed by atoms with Crippen molar-refractivity contribution in [2.75, 3.05) is 40.9 Å². The van der Waals surface area contributed by atoms with Crippen LogP contribution in [-0.2, 0) is 0 Å². The zero-order valence-corrected chi connectivity index (χ0v) is 17.1. The Morgan fingerprint density at radius 3 is 2.69 bits per heavy atom. The van der Waals surface area contributed by atoms with E-state index in [0.29, 0.717) is 0 Å². The van der Waals surface area contributed by atoms with Gasteiger partial charge in [0.2, 0.25) is 0 Å². The number of aromatic nitrogens is 1. The summed E-state index contributed by atoms with van der Waals surface area (Å²) in [7, 11) is 5.46. The summed E-state index contributed by atoms with van der Waals surface area (Å²) < 4.78 is 11.0. The summed E-state index contributed by atoms with van der Waals surface area (Å²) in [5.74, 6) is 1.69. The van der Waals surface area contributed by atoms with Gasteiger partial charge in [-0.2, -0.15) is 0 Å². The van der Waals surface area contributed by atoms with Crippen molar-refractivity contribution in [2.45, 2.75) is 12.3 Å². The maximum Gasteiger partial charge on any atom is 0.178 e. The maximum atomic E-state index is 5.61. The second kappa shape index (κ2) is 8.63. The number of nitrogens with one attached hydrogen (secondary N) is 1. The third-order valence-electron chi connectivity index (χ3n) is 5.41. The lowest BCUT2D eigenvalue weighted by atomic mass is 10.0. The van der Waals surface area contributed by atoms with Crippen molar-refractivity contribution < 1.29 is 9.47 Å². The van der Waals surface area contributed by atoms with Crippen LogP contribution in [0.25, 0.3) is 0 Å². The zero-order chi connectivity index (χ0) is 20.2. The number of benzene rings is 1. The molecule has 1 aromatic heterocycles. The first-order chi connectivity index (χ1) is 14.2. The number of piperazine rings is 1. The predicted molar refractivity (Wildman–Crippen MR) is 113 cm³/mol. The van der Waals surface area contributed by atoms with Crippen LogP contribution in [0.15, 0.2) is 60.0 Å². The van der Waals surface area contributed by atoms with Crippen LogP contribution in [-0.4, -0.2) is 67.7 Å². The molecule has 29 heavy (non-hydrogen) atoms. The molecule has 1 fully saturated rings. The number of hydrogen-bond acceptors (Lipinski definition) is 7.